The fourth-order valence-electron chi connectivity index (χ4n) is 1.26. The molecule has 1 saturated carbocycles. The Hall–Kier alpha value is -1.52. The fraction of sp³-hybridized carbons (Fsp3) is 0.556. The maximum Gasteiger partial charge on any atom is 0.358 e. The number of hydrogen-bond donors (Lipinski definition) is 2. The Morgan fingerprint density at radius 3 is 3.07 bits per heavy atom. The molecule has 5 heteroatoms. The minimum Gasteiger partial charge on any atom is -0.461 e. The van der Waals surface area contributed by atoms with E-state index in [4.69, 9.17) is 10.5 Å². The van der Waals surface area contributed by atoms with Crippen molar-refractivity contribution in [1.82, 2.24) is 10.2 Å². The predicted octanol–water partition coefficient (Wildman–Crippen LogP) is 0.949. The van der Waals surface area contributed by atoms with Crippen LogP contribution in [0.1, 0.15) is 29.8 Å². The SMILES string of the molecule is Nc1cn[nH]c1C(=O)OCCC1CC1. The highest BCUT2D eigenvalue weighted by molar-refractivity contribution is 5.92. The summed E-state index contributed by atoms with van der Waals surface area (Å²) >= 11 is 0. The van der Waals surface area contributed by atoms with E-state index in [1.54, 1.807) is 0 Å². The molecule has 0 bridgehead atoms. The van der Waals surface area contributed by atoms with Gasteiger partial charge in [0, 0.05) is 0 Å². The van der Waals surface area contributed by atoms with Gasteiger partial charge in [0.15, 0.2) is 5.69 Å². The molecule has 0 unspecified atom stereocenters. The van der Waals surface area contributed by atoms with Crippen molar-refractivity contribution in [1.29, 1.82) is 0 Å². The highest BCUT2D eigenvalue weighted by atomic mass is 16.5. The second kappa shape index (κ2) is 3.69. The van der Waals surface area contributed by atoms with Gasteiger partial charge in [0.25, 0.3) is 0 Å². The van der Waals surface area contributed by atoms with Crippen molar-refractivity contribution < 1.29 is 9.53 Å². The Balaban J connectivity index is 1.79. The van der Waals surface area contributed by atoms with Crippen molar-refractivity contribution in [3.63, 3.8) is 0 Å². The van der Waals surface area contributed by atoms with Gasteiger partial charge in [-0.15, -0.1) is 0 Å². The van der Waals surface area contributed by atoms with Crippen LogP contribution in [0.2, 0.25) is 0 Å². The Bertz CT molecular complexity index is 331. The Labute approximate surface area is 81.6 Å². The summed E-state index contributed by atoms with van der Waals surface area (Å²) < 4.78 is 5.03. The number of aromatic amines is 1. The first kappa shape index (κ1) is 9.05. The number of nitrogens with one attached hydrogen (secondary N) is 1. The van der Waals surface area contributed by atoms with Crippen molar-refractivity contribution in [2.45, 2.75) is 19.3 Å². The Morgan fingerprint density at radius 1 is 1.71 bits per heavy atom. The number of ether oxygens (including phenoxy) is 1. The number of aromatic nitrogens is 2. The van der Waals surface area contributed by atoms with Crippen molar-refractivity contribution in [2.24, 2.45) is 5.92 Å². The second-order valence-electron chi connectivity index (χ2n) is 3.57. The Kier molecular flexibility index (Phi) is 2.39. The number of carbonyl (C=O) groups excluding carboxylic acids is 1. The lowest BCUT2D eigenvalue weighted by molar-refractivity contribution is 0.0489. The number of carbonyl (C=O) groups is 1. The van der Waals surface area contributed by atoms with Crippen LogP contribution < -0.4 is 5.73 Å². The van der Waals surface area contributed by atoms with Gasteiger partial charge in [-0.3, -0.25) is 5.10 Å². The van der Waals surface area contributed by atoms with Gasteiger partial charge in [-0.05, 0) is 12.3 Å². The lowest BCUT2D eigenvalue weighted by atomic mass is 10.3. The van der Waals surface area contributed by atoms with Crippen LogP contribution in [-0.4, -0.2) is 22.8 Å². The van der Waals surface area contributed by atoms with Gasteiger partial charge < -0.3 is 10.5 Å². The average Bonchev–Trinajstić information content (AvgIpc) is 2.87. The summed E-state index contributed by atoms with van der Waals surface area (Å²) in [4.78, 5) is 11.4. The smallest absolute Gasteiger partial charge is 0.358 e. The molecule has 0 amide bonds. The first-order chi connectivity index (χ1) is 6.77. The van der Waals surface area contributed by atoms with Crippen molar-refractivity contribution >= 4 is 11.7 Å². The summed E-state index contributed by atoms with van der Waals surface area (Å²) in [6.45, 7) is 0.474. The second-order valence-corrected chi connectivity index (χ2v) is 3.57. The van der Waals surface area contributed by atoms with Crippen LogP contribution >= 0.6 is 0 Å². The maximum atomic E-state index is 11.4. The van der Waals surface area contributed by atoms with Gasteiger partial charge in [0.1, 0.15) is 0 Å². The molecule has 2 rings (SSSR count). The summed E-state index contributed by atoms with van der Waals surface area (Å²) in [6, 6.07) is 0. The van der Waals surface area contributed by atoms with Gasteiger partial charge in [0.2, 0.25) is 0 Å². The maximum absolute atomic E-state index is 11.4. The number of nitrogens with zero attached hydrogens (tertiary/aromatic N) is 1. The van der Waals surface area contributed by atoms with Crippen molar-refractivity contribution in [3.8, 4) is 0 Å². The third-order valence-corrected chi connectivity index (χ3v) is 2.33. The number of anilines is 1. The van der Waals surface area contributed by atoms with E-state index in [1.807, 2.05) is 0 Å². The van der Waals surface area contributed by atoms with Crippen LogP contribution in [-0.2, 0) is 4.74 Å². The molecule has 1 heterocycles. The van der Waals surface area contributed by atoms with Gasteiger partial charge in [-0.25, -0.2) is 4.79 Å². The first-order valence-electron chi connectivity index (χ1n) is 4.73. The van der Waals surface area contributed by atoms with E-state index < -0.39 is 5.97 Å². The van der Waals surface area contributed by atoms with Crippen LogP contribution in [0.3, 0.4) is 0 Å². The number of nitrogen functional groups attached to an aromatic ring is 1. The molecule has 1 fully saturated rings. The van der Waals surface area contributed by atoms with E-state index in [0.717, 1.165) is 12.3 Å². The molecule has 0 atom stereocenters. The molecule has 5 nitrogen and oxygen atoms in total. The molecule has 0 spiro atoms. The standard InChI is InChI=1S/C9H13N3O2/c10-7-5-11-12-8(7)9(13)14-4-3-6-1-2-6/h5-6H,1-4,10H2,(H,11,12). The summed E-state index contributed by atoms with van der Waals surface area (Å²) in [5, 5.41) is 6.16. The summed E-state index contributed by atoms with van der Waals surface area (Å²) in [6.07, 6.45) is 4.89. The van der Waals surface area contributed by atoms with E-state index in [1.165, 1.54) is 19.0 Å². The lowest BCUT2D eigenvalue weighted by Crippen LogP contribution is -2.09. The zero-order valence-electron chi connectivity index (χ0n) is 7.82. The highest BCUT2D eigenvalue weighted by Gasteiger charge is 2.21. The van der Waals surface area contributed by atoms with E-state index >= 15 is 0 Å². The Morgan fingerprint density at radius 2 is 2.50 bits per heavy atom. The van der Waals surface area contributed by atoms with Gasteiger partial charge in [-0.1, -0.05) is 12.8 Å². The average molecular weight is 195 g/mol. The molecule has 14 heavy (non-hydrogen) atoms. The van der Waals surface area contributed by atoms with Crippen LogP contribution in [0.5, 0.6) is 0 Å². The van der Waals surface area contributed by atoms with Gasteiger partial charge in [0.05, 0.1) is 18.5 Å². The van der Waals surface area contributed by atoms with Gasteiger partial charge in [-0.2, -0.15) is 5.10 Å². The fourth-order valence-corrected chi connectivity index (χ4v) is 1.26. The molecule has 76 valence electrons. The summed E-state index contributed by atoms with van der Waals surface area (Å²) in [5.41, 5.74) is 6.08. The molecule has 0 radical (unpaired) electrons. The van der Waals surface area contributed by atoms with E-state index in [9.17, 15) is 4.79 Å². The third-order valence-electron chi connectivity index (χ3n) is 2.33. The minimum absolute atomic E-state index is 0.251. The zero-order chi connectivity index (χ0) is 9.97. The number of rotatable bonds is 4. The number of nitrogens with two attached hydrogens (primary N) is 1. The summed E-state index contributed by atoms with van der Waals surface area (Å²) in [7, 11) is 0. The van der Waals surface area contributed by atoms with Crippen molar-refractivity contribution in [3.05, 3.63) is 11.9 Å². The lowest BCUT2D eigenvalue weighted by Gasteiger charge is -2.02. The van der Waals surface area contributed by atoms with E-state index in [-0.39, 0.29) is 5.69 Å². The molecule has 3 N–H and O–H groups in total. The van der Waals surface area contributed by atoms with Crippen LogP contribution in [0.15, 0.2) is 6.20 Å². The van der Waals surface area contributed by atoms with Crippen LogP contribution in [0.25, 0.3) is 0 Å². The van der Waals surface area contributed by atoms with Gasteiger partial charge >= 0.3 is 5.97 Å². The third kappa shape index (κ3) is 2.04. The normalized spacial score (nSPS) is 15.4. The van der Waals surface area contributed by atoms with Crippen molar-refractivity contribution in [2.75, 3.05) is 12.3 Å². The predicted molar refractivity (Wildman–Crippen MR) is 50.6 cm³/mol. The largest absolute Gasteiger partial charge is 0.461 e. The highest BCUT2D eigenvalue weighted by Crippen LogP contribution is 2.32. The number of H-pyrrole nitrogens is 1. The molecule has 1 aliphatic carbocycles. The zero-order valence-corrected chi connectivity index (χ0v) is 7.82. The first-order valence-corrected chi connectivity index (χ1v) is 4.73. The minimum atomic E-state index is -0.416. The quantitative estimate of drug-likeness (QED) is 0.701. The van der Waals surface area contributed by atoms with Crippen LogP contribution in [0, 0.1) is 5.92 Å². The molecular formula is C9H13N3O2. The molecule has 1 aliphatic rings. The summed E-state index contributed by atoms with van der Waals surface area (Å²) in [5.74, 6) is 0.350. The van der Waals surface area contributed by atoms with E-state index in [0.29, 0.717) is 12.3 Å². The van der Waals surface area contributed by atoms with E-state index in [2.05, 4.69) is 10.2 Å². The number of hydrogen-bond acceptors (Lipinski definition) is 4. The van der Waals surface area contributed by atoms with Crippen LogP contribution in [0.4, 0.5) is 5.69 Å². The molecule has 0 aromatic carbocycles. The molecular weight excluding hydrogens is 182 g/mol. The molecule has 0 saturated heterocycles. The topological polar surface area (TPSA) is 81.0 Å². The molecule has 1 aromatic heterocycles. The number of esters is 1. The monoisotopic (exact) mass is 195 g/mol. The molecule has 0 aliphatic heterocycles. The molecule has 1 aromatic rings.